The third-order valence-electron chi connectivity index (χ3n) is 4.09. The van der Waals surface area contributed by atoms with E-state index < -0.39 is 11.9 Å². The van der Waals surface area contributed by atoms with Gasteiger partial charge in [0.25, 0.3) is 0 Å². The van der Waals surface area contributed by atoms with E-state index >= 15 is 0 Å². The van der Waals surface area contributed by atoms with Gasteiger partial charge in [-0.25, -0.2) is 9.59 Å². The van der Waals surface area contributed by atoms with E-state index in [9.17, 15) is 0 Å². The Morgan fingerprint density at radius 3 is 1.93 bits per heavy atom. The molecule has 0 spiro atoms. The number of aliphatic carboxylic acids is 2. The maximum atomic E-state index is 9.10. The fourth-order valence-electron chi connectivity index (χ4n) is 2.43. The summed E-state index contributed by atoms with van der Waals surface area (Å²) in [4.78, 5) is 18.2. The van der Waals surface area contributed by atoms with Gasteiger partial charge in [0.15, 0.2) is 0 Å². The zero-order valence-corrected chi connectivity index (χ0v) is 15.9. The van der Waals surface area contributed by atoms with Crippen LogP contribution in [0.2, 0.25) is 0 Å². The quantitative estimate of drug-likeness (QED) is 0.510. The average Bonchev–Trinajstić information content (AvgIpc) is 2.67. The zero-order chi connectivity index (χ0) is 20.3. The molecule has 0 radical (unpaired) electrons. The lowest BCUT2D eigenvalue weighted by atomic mass is 9.78. The van der Waals surface area contributed by atoms with Crippen LogP contribution >= 0.6 is 0 Å². The van der Waals surface area contributed by atoms with E-state index in [4.69, 9.17) is 24.5 Å². The normalized spacial score (nSPS) is 10.5. The molecule has 6 heteroatoms. The summed E-state index contributed by atoms with van der Waals surface area (Å²) in [6, 6.07) is 19.1. The highest BCUT2D eigenvalue weighted by molar-refractivity contribution is 6.27. The first-order valence-corrected chi connectivity index (χ1v) is 8.68. The van der Waals surface area contributed by atoms with Crippen LogP contribution < -0.4 is 10.1 Å². The molecular weight excluding hydrogens is 346 g/mol. The van der Waals surface area contributed by atoms with Crippen LogP contribution in [-0.4, -0.2) is 42.4 Å². The summed E-state index contributed by atoms with van der Waals surface area (Å²) >= 11 is 0. The first-order valence-electron chi connectivity index (χ1n) is 8.68. The summed E-state index contributed by atoms with van der Waals surface area (Å²) in [6.07, 6.45) is 1.02. The Bertz CT molecular complexity index is 699. The Balaban J connectivity index is 0.000000527. The molecule has 0 aliphatic rings. The third kappa shape index (κ3) is 7.50. The maximum Gasteiger partial charge on any atom is 0.414 e. The summed E-state index contributed by atoms with van der Waals surface area (Å²) < 4.78 is 5.74. The second-order valence-electron chi connectivity index (χ2n) is 6.43. The molecule has 0 saturated carbocycles. The number of ether oxygens (including phenoxy) is 1. The number of hydrogen-bond donors (Lipinski definition) is 3. The highest BCUT2D eigenvalue weighted by atomic mass is 16.5. The molecule has 27 heavy (non-hydrogen) atoms. The molecule has 2 aromatic carbocycles. The van der Waals surface area contributed by atoms with Crippen molar-refractivity contribution in [1.29, 1.82) is 0 Å². The topological polar surface area (TPSA) is 95.9 Å². The van der Waals surface area contributed by atoms with Crippen LogP contribution in [-0.2, 0) is 15.0 Å². The van der Waals surface area contributed by atoms with Crippen molar-refractivity contribution in [3.05, 3.63) is 65.7 Å². The minimum absolute atomic E-state index is 0.00587. The fourth-order valence-corrected chi connectivity index (χ4v) is 2.43. The van der Waals surface area contributed by atoms with Crippen LogP contribution in [0, 0.1) is 0 Å². The van der Waals surface area contributed by atoms with Crippen LogP contribution in [0.25, 0.3) is 0 Å². The number of rotatable bonds is 7. The molecule has 0 saturated heterocycles. The van der Waals surface area contributed by atoms with E-state index in [0.717, 1.165) is 25.3 Å². The summed E-state index contributed by atoms with van der Waals surface area (Å²) in [5.74, 6) is -2.70. The average molecular weight is 373 g/mol. The Morgan fingerprint density at radius 1 is 0.926 bits per heavy atom. The number of benzene rings is 2. The Kier molecular flexibility index (Phi) is 9.02. The fraction of sp³-hybridized carbons (Fsp3) is 0.333. The van der Waals surface area contributed by atoms with Crippen LogP contribution in [0.5, 0.6) is 5.75 Å². The highest BCUT2D eigenvalue weighted by Gasteiger charge is 2.22. The van der Waals surface area contributed by atoms with Gasteiger partial charge in [-0.1, -0.05) is 56.3 Å². The summed E-state index contributed by atoms with van der Waals surface area (Å²) in [6.45, 7) is 6.25. The molecule has 146 valence electrons. The molecule has 0 bridgehead atoms. The Labute approximate surface area is 159 Å². The Morgan fingerprint density at radius 2 is 1.44 bits per heavy atom. The lowest BCUT2D eigenvalue weighted by molar-refractivity contribution is -0.159. The molecule has 6 nitrogen and oxygen atoms in total. The van der Waals surface area contributed by atoms with Gasteiger partial charge in [0, 0.05) is 5.41 Å². The van der Waals surface area contributed by atoms with Gasteiger partial charge < -0.3 is 20.3 Å². The second kappa shape index (κ2) is 11.0. The molecule has 0 aliphatic heterocycles. The SMILES string of the molecule is CNCCCOc1ccc(C(C)(C)c2ccccc2)cc1.O=C(O)C(=O)O. The standard InChI is InChI=1S/C19H25NO.C2H2O4/c1-19(2,16-8-5-4-6-9-16)17-10-12-18(13-11-17)21-15-7-14-20-3;3-1(4)2(5)6/h4-6,8-13,20H,7,14-15H2,1-3H3;(H,3,4)(H,5,6). The lowest BCUT2D eigenvalue weighted by Gasteiger charge is -2.26. The Hall–Kier alpha value is -2.86. The predicted molar refractivity (Wildman–Crippen MR) is 104 cm³/mol. The van der Waals surface area contributed by atoms with Crippen LogP contribution in [0.4, 0.5) is 0 Å². The molecule has 0 aromatic heterocycles. The van der Waals surface area contributed by atoms with Gasteiger partial charge in [0.1, 0.15) is 5.75 Å². The van der Waals surface area contributed by atoms with Gasteiger partial charge in [-0.05, 0) is 43.3 Å². The van der Waals surface area contributed by atoms with E-state index in [1.165, 1.54) is 11.1 Å². The first kappa shape index (κ1) is 22.2. The van der Waals surface area contributed by atoms with Crippen LogP contribution in [0.15, 0.2) is 54.6 Å². The summed E-state index contributed by atoms with van der Waals surface area (Å²) in [5.41, 5.74) is 2.63. The van der Waals surface area contributed by atoms with Crippen LogP contribution in [0.1, 0.15) is 31.4 Å². The molecule has 2 aromatic rings. The van der Waals surface area contributed by atoms with Crippen molar-refractivity contribution in [2.75, 3.05) is 20.2 Å². The van der Waals surface area contributed by atoms with Gasteiger partial charge in [0.2, 0.25) is 0 Å². The van der Waals surface area contributed by atoms with Crippen molar-refractivity contribution >= 4 is 11.9 Å². The van der Waals surface area contributed by atoms with Crippen molar-refractivity contribution in [2.24, 2.45) is 0 Å². The van der Waals surface area contributed by atoms with E-state index in [1.54, 1.807) is 0 Å². The number of hydrogen-bond acceptors (Lipinski definition) is 4. The van der Waals surface area contributed by atoms with E-state index in [1.807, 2.05) is 7.05 Å². The lowest BCUT2D eigenvalue weighted by Crippen LogP contribution is -2.18. The second-order valence-corrected chi connectivity index (χ2v) is 6.43. The summed E-state index contributed by atoms with van der Waals surface area (Å²) in [5, 5.41) is 17.9. The minimum atomic E-state index is -1.82. The van der Waals surface area contributed by atoms with Gasteiger partial charge in [-0.2, -0.15) is 0 Å². The molecule has 0 fully saturated rings. The smallest absolute Gasteiger partial charge is 0.414 e. The van der Waals surface area contributed by atoms with Gasteiger partial charge in [-0.15, -0.1) is 0 Å². The van der Waals surface area contributed by atoms with Crippen molar-refractivity contribution in [1.82, 2.24) is 5.32 Å². The number of nitrogens with one attached hydrogen (secondary N) is 1. The van der Waals surface area contributed by atoms with E-state index in [0.29, 0.717) is 0 Å². The minimum Gasteiger partial charge on any atom is -0.494 e. The van der Waals surface area contributed by atoms with Gasteiger partial charge in [0.05, 0.1) is 6.61 Å². The van der Waals surface area contributed by atoms with Gasteiger partial charge in [-0.3, -0.25) is 0 Å². The number of carbonyl (C=O) groups is 2. The highest BCUT2D eigenvalue weighted by Crippen LogP contribution is 2.32. The number of carboxylic acid groups (broad SMARTS) is 2. The van der Waals surface area contributed by atoms with Crippen LogP contribution in [0.3, 0.4) is 0 Å². The molecule has 3 N–H and O–H groups in total. The molecule has 0 amide bonds. The van der Waals surface area contributed by atoms with Crippen molar-refractivity contribution < 1.29 is 24.5 Å². The molecule has 0 aliphatic carbocycles. The number of carboxylic acids is 2. The molecule has 0 heterocycles. The monoisotopic (exact) mass is 373 g/mol. The predicted octanol–water partition coefficient (Wildman–Crippen LogP) is 3.16. The maximum absolute atomic E-state index is 9.10. The largest absolute Gasteiger partial charge is 0.494 e. The summed E-state index contributed by atoms with van der Waals surface area (Å²) in [7, 11) is 1.96. The van der Waals surface area contributed by atoms with Crippen molar-refractivity contribution in [3.63, 3.8) is 0 Å². The zero-order valence-electron chi connectivity index (χ0n) is 15.9. The molecule has 0 atom stereocenters. The van der Waals surface area contributed by atoms with Crippen molar-refractivity contribution in [2.45, 2.75) is 25.7 Å². The van der Waals surface area contributed by atoms with Gasteiger partial charge >= 0.3 is 11.9 Å². The third-order valence-corrected chi connectivity index (χ3v) is 4.09. The molecule has 0 unspecified atom stereocenters. The molecular formula is C21H27NO5. The first-order chi connectivity index (χ1) is 12.8. The van der Waals surface area contributed by atoms with E-state index in [2.05, 4.69) is 73.8 Å². The van der Waals surface area contributed by atoms with E-state index in [-0.39, 0.29) is 5.41 Å². The van der Waals surface area contributed by atoms with Crippen molar-refractivity contribution in [3.8, 4) is 5.75 Å². The molecule has 2 rings (SSSR count).